The molecular formula is C23H27ClF5N3O3. The Hall–Kier alpha value is -2.14. The van der Waals surface area contributed by atoms with Crippen molar-refractivity contribution in [1.82, 2.24) is 16.0 Å². The summed E-state index contributed by atoms with van der Waals surface area (Å²) in [5.74, 6) is -2.11. The zero-order valence-corrected chi connectivity index (χ0v) is 19.6. The number of ether oxygens (including phenoxy) is 1. The van der Waals surface area contributed by atoms with Crippen LogP contribution in [0.15, 0.2) is 18.2 Å². The lowest BCUT2D eigenvalue weighted by Gasteiger charge is -2.55. The first-order valence-corrected chi connectivity index (χ1v) is 11.9. The normalized spacial score (nSPS) is 32.7. The highest BCUT2D eigenvalue weighted by atomic mass is 35.5. The van der Waals surface area contributed by atoms with Gasteiger partial charge in [0.05, 0.1) is 16.5 Å². The van der Waals surface area contributed by atoms with E-state index < -0.39 is 53.0 Å². The van der Waals surface area contributed by atoms with E-state index in [-0.39, 0.29) is 43.2 Å². The van der Waals surface area contributed by atoms with Crippen LogP contribution in [0.25, 0.3) is 0 Å². The van der Waals surface area contributed by atoms with E-state index in [1.54, 1.807) is 0 Å². The van der Waals surface area contributed by atoms with Gasteiger partial charge in [-0.1, -0.05) is 11.6 Å². The highest BCUT2D eigenvalue weighted by Gasteiger charge is 2.56. The molecule has 1 aliphatic heterocycles. The van der Waals surface area contributed by atoms with Crippen molar-refractivity contribution < 1.29 is 36.3 Å². The maximum atomic E-state index is 15.3. The molecule has 3 saturated carbocycles. The van der Waals surface area contributed by atoms with Crippen molar-refractivity contribution in [1.29, 1.82) is 0 Å². The van der Waals surface area contributed by atoms with Crippen molar-refractivity contribution in [2.75, 3.05) is 13.2 Å². The molecular weight excluding hydrogens is 497 g/mol. The Kier molecular flexibility index (Phi) is 7.21. The van der Waals surface area contributed by atoms with Gasteiger partial charge in [-0.2, -0.15) is 13.2 Å². The molecule has 3 aliphatic carbocycles. The SMILES string of the molecule is O=C(COc1ccc(Cl)c(F)c1)NC12CCC(NC(=O)C3CCC(C(F)(F)F)NC3)(CC1)C(F)C2. The lowest BCUT2D eigenvalue weighted by atomic mass is 9.60. The van der Waals surface area contributed by atoms with Gasteiger partial charge in [-0.05, 0) is 50.7 Å². The van der Waals surface area contributed by atoms with Gasteiger partial charge in [0.1, 0.15) is 23.8 Å². The van der Waals surface area contributed by atoms with Crippen LogP contribution in [0.4, 0.5) is 22.0 Å². The molecule has 6 nitrogen and oxygen atoms in total. The van der Waals surface area contributed by atoms with Gasteiger partial charge in [-0.25, -0.2) is 8.78 Å². The second kappa shape index (κ2) is 9.72. The number of nitrogens with one attached hydrogen (secondary N) is 3. The third-order valence-corrected chi connectivity index (χ3v) is 7.79. The second-order valence-corrected chi connectivity index (χ2v) is 10.2. The van der Waals surface area contributed by atoms with Gasteiger partial charge in [0, 0.05) is 24.6 Å². The van der Waals surface area contributed by atoms with Crippen molar-refractivity contribution in [2.45, 2.75) is 74.4 Å². The smallest absolute Gasteiger partial charge is 0.403 e. The molecule has 0 spiro atoms. The van der Waals surface area contributed by atoms with Crippen LogP contribution in [0.1, 0.15) is 44.9 Å². The van der Waals surface area contributed by atoms with Crippen LogP contribution in [0.3, 0.4) is 0 Å². The lowest BCUT2D eigenvalue weighted by Crippen LogP contribution is -2.70. The summed E-state index contributed by atoms with van der Waals surface area (Å²) in [6, 6.07) is 2.17. The van der Waals surface area contributed by atoms with Crippen molar-refractivity contribution in [3.63, 3.8) is 0 Å². The van der Waals surface area contributed by atoms with E-state index in [2.05, 4.69) is 16.0 Å². The van der Waals surface area contributed by atoms with Crippen molar-refractivity contribution in [3.8, 4) is 5.75 Å². The average Bonchev–Trinajstić information content (AvgIpc) is 2.80. The molecule has 4 fully saturated rings. The summed E-state index contributed by atoms with van der Waals surface area (Å²) in [6.45, 7) is -0.490. The molecule has 12 heteroatoms. The largest absolute Gasteiger partial charge is 0.484 e. The maximum Gasteiger partial charge on any atom is 0.403 e. The van der Waals surface area contributed by atoms with Gasteiger partial charge in [0.15, 0.2) is 6.61 Å². The van der Waals surface area contributed by atoms with Crippen LogP contribution in [-0.4, -0.2) is 54.4 Å². The molecule has 1 heterocycles. The summed E-state index contributed by atoms with van der Waals surface area (Å²) in [4.78, 5) is 25.2. The first-order valence-electron chi connectivity index (χ1n) is 11.6. The van der Waals surface area contributed by atoms with Gasteiger partial charge in [0.25, 0.3) is 5.91 Å². The molecule has 1 aromatic rings. The van der Waals surface area contributed by atoms with Crippen LogP contribution in [-0.2, 0) is 9.59 Å². The number of benzene rings is 1. The van der Waals surface area contributed by atoms with Crippen molar-refractivity contribution in [3.05, 3.63) is 29.0 Å². The van der Waals surface area contributed by atoms with E-state index in [1.807, 2.05) is 0 Å². The number of carbonyl (C=O) groups is 2. The average molecular weight is 524 g/mol. The summed E-state index contributed by atoms with van der Waals surface area (Å²) in [5, 5.41) is 7.95. The molecule has 3 unspecified atom stereocenters. The molecule has 5 rings (SSSR count). The van der Waals surface area contributed by atoms with Gasteiger partial charge < -0.3 is 20.7 Å². The van der Waals surface area contributed by atoms with E-state index in [1.165, 1.54) is 12.1 Å². The molecule has 4 aliphatic rings. The molecule has 3 N–H and O–H groups in total. The van der Waals surface area contributed by atoms with Gasteiger partial charge in [0.2, 0.25) is 5.91 Å². The Bertz CT molecular complexity index is 960. The number of hydrogen-bond acceptors (Lipinski definition) is 4. The Morgan fingerprint density at radius 1 is 1.14 bits per heavy atom. The zero-order valence-electron chi connectivity index (χ0n) is 18.8. The van der Waals surface area contributed by atoms with E-state index in [4.69, 9.17) is 16.3 Å². The highest BCUT2D eigenvalue weighted by molar-refractivity contribution is 6.30. The summed E-state index contributed by atoms with van der Waals surface area (Å²) < 4.78 is 72.6. The number of carbonyl (C=O) groups excluding carboxylic acids is 2. The number of piperidine rings is 1. The second-order valence-electron chi connectivity index (χ2n) is 9.79. The monoisotopic (exact) mass is 523 g/mol. The summed E-state index contributed by atoms with van der Waals surface area (Å²) >= 11 is 5.62. The standard InChI is InChI=1S/C23H27ClF5N3O3/c24-15-3-2-14(9-16(15)25)35-12-19(33)31-21-5-7-22(8-6-21,17(26)10-21)32-20(34)13-1-4-18(30-11-13)23(27,28)29/h2-3,9,13,17-18,30H,1,4-8,10-12H2,(H,31,33)(H,32,34). The number of halogens is 6. The zero-order chi connectivity index (χ0) is 25.4. The summed E-state index contributed by atoms with van der Waals surface area (Å²) in [6.07, 6.45) is -4.42. The molecule has 2 amide bonds. The fraction of sp³-hybridized carbons (Fsp3) is 0.652. The van der Waals surface area contributed by atoms with E-state index in [9.17, 15) is 27.2 Å². The van der Waals surface area contributed by atoms with Crippen LogP contribution in [0.5, 0.6) is 5.75 Å². The highest BCUT2D eigenvalue weighted by Crippen LogP contribution is 2.48. The third-order valence-electron chi connectivity index (χ3n) is 7.49. The maximum absolute atomic E-state index is 15.3. The molecule has 0 radical (unpaired) electrons. The van der Waals surface area contributed by atoms with E-state index in [0.717, 1.165) is 6.07 Å². The topological polar surface area (TPSA) is 79.5 Å². The quantitative estimate of drug-likeness (QED) is 0.495. The first kappa shape index (κ1) is 25.9. The van der Waals surface area contributed by atoms with E-state index >= 15 is 4.39 Å². The molecule has 2 bridgehead atoms. The van der Waals surface area contributed by atoms with Crippen LogP contribution < -0.4 is 20.7 Å². The molecule has 35 heavy (non-hydrogen) atoms. The lowest BCUT2D eigenvalue weighted by molar-refractivity contribution is -0.164. The summed E-state index contributed by atoms with van der Waals surface area (Å²) in [5.41, 5.74) is -1.86. The third kappa shape index (κ3) is 5.66. The van der Waals surface area contributed by atoms with Crippen molar-refractivity contribution >= 4 is 23.4 Å². The van der Waals surface area contributed by atoms with Crippen LogP contribution in [0.2, 0.25) is 5.02 Å². The van der Waals surface area contributed by atoms with Crippen LogP contribution >= 0.6 is 11.6 Å². The number of alkyl halides is 4. The minimum atomic E-state index is -4.36. The Balaban J connectivity index is 1.28. The van der Waals surface area contributed by atoms with Crippen LogP contribution in [0, 0.1) is 11.7 Å². The van der Waals surface area contributed by atoms with Gasteiger partial charge >= 0.3 is 6.18 Å². The number of hydrogen-bond donors (Lipinski definition) is 3. The molecule has 1 aromatic carbocycles. The Morgan fingerprint density at radius 3 is 2.43 bits per heavy atom. The fourth-order valence-corrected chi connectivity index (χ4v) is 5.48. The minimum Gasteiger partial charge on any atom is -0.484 e. The van der Waals surface area contributed by atoms with Gasteiger partial charge in [-0.3, -0.25) is 9.59 Å². The predicted molar refractivity (Wildman–Crippen MR) is 117 cm³/mol. The number of rotatable bonds is 6. The van der Waals surface area contributed by atoms with E-state index in [0.29, 0.717) is 25.7 Å². The molecule has 1 saturated heterocycles. The Labute approximate surface area is 204 Å². The van der Waals surface area contributed by atoms with Gasteiger partial charge in [-0.15, -0.1) is 0 Å². The Morgan fingerprint density at radius 2 is 1.86 bits per heavy atom. The summed E-state index contributed by atoms with van der Waals surface area (Å²) in [7, 11) is 0. The minimum absolute atomic E-state index is 0.00760. The first-order chi connectivity index (χ1) is 16.4. The molecule has 3 atom stereocenters. The molecule has 0 aromatic heterocycles. The predicted octanol–water partition coefficient (Wildman–Crippen LogP) is 3.81. The number of fused-ring (bicyclic) bond motifs is 3. The fourth-order valence-electron chi connectivity index (χ4n) is 5.36. The van der Waals surface area contributed by atoms with Crippen molar-refractivity contribution in [2.24, 2.45) is 5.92 Å². The number of amides is 2. The molecule has 194 valence electrons.